The number of hydrogen-bond acceptors (Lipinski definition) is 3. The molecule has 0 heterocycles. The van der Waals surface area contributed by atoms with E-state index in [1.165, 1.54) is 6.92 Å². The lowest BCUT2D eigenvalue weighted by Gasteiger charge is -1.79. The minimum Gasteiger partial charge on any atom is -0.412 e. The zero-order valence-electron chi connectivity index (χ0n) is 3.39. The lowest BCUT2D eigenvalue weighted by atomic mass is 10.8. The summed E-state index contributed by atoms with van der Waals surface area (Å²) >= 11 is 0. The van der Waals surface area contributed by atoms with E-state index < -0.39 is 5.97 Å². The zero-order chi connectivity index (χ0) is 4.28. The largest absolute Gasteiger partial charge is 0.412 e. The summed E-state index contributed by atoms with van der Waals surface area (Å²) < 4.78 is 0. The van der Waals surface area contributed by atoms with E-state index in [4.69, 9.17) is 0 Å². The van der Waals surface area contributed by atoms with Gasteiger partial charge in [-0.1, -0.05) is 0 Å². The molecule has 0 aliphatic rings. The smallest absolute Gasteiger partial charge is 0.321 e. The molecule has 0 amide bonds. The van der Waals surface area contributed by atoms with Gasteiger partial charge >= 0.3 is 5.97 Å². The van der Waals surface area contributed by atoms with Crippen molar-refractivity contribution in [2.24, 2.45) is 5.90 Å². The maximum Gasteiger partial charge on any atom is 0.321 e. The summed E-state index contributed by atoms with van der Waals surface area (Å²) in [6.45, 7) is 1.24. The first-order valence-corrected chi connectivity index (χ1v) is 1.14. The van der Waals surface area contributed by atoms with Crippen LogP contribution < -0.4 is 5.90 Å². The van der Waals surface area contributed by atoms with Crippen LogP contribution in [0.25, 0.3) is 0 Å². The molecule has 4 heteroatoms. The van der Waals surface area contributed by atoms with Gasteiger partial charge in [0.15, 0.2) is 0 Å². The van der Waals surface area contributed by atoms with E-state index in [0.717, 1.165) is 0 Å². The van der Waals surface area contributed by atoms with Crippen molar-refractivity contribution in [1.29, 1.82) is 0 Å². The van der Waals surface area contributed by atoms with E-state index in [2.05, 4.69) is 10.7 Å². The van der Waals surface area contributed by atoms with Crippen molar-refractivity contribution in [2.75, 3.05) is 0 Å². The molecule has 0 spiro atoms. The molecule has 0 unspecified atom stereocenters. The maximum atomic E-state index is 9.47. The number of hydrogen-bond donors (Lipinski definition) is 1. The highest BCUT2D eigenvalue weighted by Gasteiger charge is 1.77. The fourth-order valence-electron chi connectivity index (χ4n) is 0. The SMILES string of the molecule is CC(=O)ON.O. The first kappa shape index (κ1) is 9.04. The topological polar surface area (TPSA) is 83.8 Å². The van der Waals surface area contributed by atoms with E-state index in [9.17, 15) is 4.79 Å². The van der Waals surface area contributed by atoms with E-state index in [1.54, 1.807) is 0 Å². The summed E-state index contributed by atoms with van der Waals surface area (Å²) in [6.07, 6.45) is 0. The Bertz CT molecular complexity index is 44.1. The van der Waals surface area contributed by atoms with E-state index >= 15 is 0 Å². The molecule has 0 rings (SSSR count). The second-order valence-electron chi connectivity index (χ2n) is 0.609. The third-order valence-electron chi connectivity index (χ3n) is 0.166. The van der Waals surface area contributed by atoms with Crippen molar-refractivity contribution < 1.29 is 15.1 Å². The summed E-state index contributed by atoms with van der Waals surface area (Å²) in [6, 6.07) is 0. The lowest BCUT2D eigenvalue weighted by Crippen LogP contribution is -2.03. The Balaban J connectivity index is 0. The van der Waals surface area contributed by atoms with Crippen molar-refractivity contribution in [3.8, 4) is 0 Å². The van der Waals surface area contributed by atoms with Gasteiger partial charge < -0.3 is 10.3 Å². The molecule has 0 aromatic rings. The quantitative estimate of drug-likeness (QED) is 0.374. The normalized spacial score (nSPS) is 5.67. The number of carbonyl (C=O) groups excluding carboxylic acids is 1. The van der Waals surface area contributed by atoms with Gasteiger partial charge in [0, 0.05) is 6.92 Å². The van der Waals surface area contributed by atoms with Crippen molar-refractivity contribution in [3.63, 3.8) is 0 Å². The van der Waals surface area contributed by atoms with Crippen LogP contribution in [0.1, 0.15) is 6.92 Å². The predicted octanol–water partition coefficient (Wildman–Crippen LogP) is -1.40. The molecule has 0 saturated heterocycles. The Labute approximate surface area is 35.2 Å². The van der Waals surface area contributed by atoms with Crippen molar-refractivity contribution in [1.82, 2.24) is 0 Å². The molecule has 0 saturated carbocycles. The van der Waals surface area contributed by atoms with Crippen LogP contribution in [0.15, 0.2) is 0 Å². The third kappa shape index (κ3) is 10.0. The van der Waals surface area contributed by atoms with Crippen LogP contribution in [0.3, 0.4) is 0 Å². The van der Waals surface area contributed by atoms with Gasteiger partial charge in [0.2, 0.25) is 0 Å². The average molecular weight is 93.1 g/mol. The molecule has 6 heavy (non-hydrogen) atoms. The van der Waals surface area contributed by atoms with Crippen LogP contribution >= 0.6 is 0 Å². The molecule has 0 aromatic carbocycles. The van der Waals surface area contributed by atoms with Crippen LogP contribution in [0, 0.1) is 0 Å². The minimum atomic E-state index is -0.468. The highest BCUT2D eigenvalue weighted by molar-refractivity contribution is 5.65. The molecule has 0 aliphatic heterocycles. The maximum absolute atomic E-state index is 9.47. The Kier molecular flexibility index (Phi) is 6.61. The molecule has 4 N–H and O–H groups in total. The highest BCUT2D eigenvalue weighted by Crippen LogP contribution is 1.55. The monoisotopic (exact) mass is 93.0 g/mol. The fourth-order valence-corrected chi connectivity index (χ4v) is 0. The molecular weight excluding hydrogens is 86.0 g/mol. The summed E-state index contributed by atoms with van der Waals surface area (Å²) in [5.74, 6) is 3.85. The standard InChI is InChI=1S/C2H5NO2.H2O/c1-2(4)5-3;/h3H2,1H3;1H2. The van der Waals surface area contributed by atoms with E-state index in [0.29, 0.717) is 0 Å². The number of nitrogens with two attached hydrogens (primary N) is 1. The third-order valence-corrected chi connectivity index (χ3v) is 0.166. The van der Waals surface area contributed by atoms with Gasteiger partial charge in [-0.3, -0.25) is 4.79 Å². The fraction of sp³-hybridized carbons (Fsp3) is 0.500. The highest BCUT2D eigenvalue weighted by atomic mass is 16.7. The molecular formula is C2H7NO3. The summed E-state index contributed by atoms with van der Waals surface area (Å²) in [4.78, 5) is 13.1. The van der Waals surface area contributed by atoms with Crippen molar-refractivity contribution >= 4 is 5.97 Å². The molecule has 0 atom stereocenters. The van der Waals surface area contributed by atoms with Gasteiger partial charge in [-0.25, -0.2) is 0 Å². The number of rotatable bonds is 0. The van der Waals surface area contributed by atoms with Gasteiger partial charge in [0.05, 0.1) is 0 Å². The minimum absolute atomic E-state index is 0. The second-order valence-corrected chi connectivity index (χ2v) is 0.609. The molecule has 0 aromatic heterocycles. The Morgan fingerprint density at radius 2 is 2.00 bits per heavy atom. The zero-order valence-corrected chi connectivity index (χ0v) is 3.39. The molecule has 0 bridgehead atoms. The molecule has 0 radical (unpaired) electrons. The summed E-state index contributed by atoms with van der Waals surface area (Å²) in [7, 11) is 0. The van der Waals surface area contributed by atoms with Crippen LogP contribution in [-0.4, -0.2) is 11.4 Å². The molecule has 0 fully saturated rings. The van der Waals surface area contributed by atoms with Gasteiger partial charge in [-0.15, -0.1) is 0 Å². The first-order chi connectivity index (χ1) is 2.27. The predicted molar refractivity (Wildman–Crippen MR) is 19.6 cm³/mol. The second kappa shape index (κ2) is 4.39. The van der Waals surface area contributed by atoms with Crippen LogP contribution in [-0.2, 0) is 9.63 Å². The van der Waals surface area contributed by atoms with Crippen molar-refractivity contribution in [2.45, 2.75) is 6.92 Å². The summed E-state index contributed by atoms with van der Waals surface area (Å²) in [5.41, 5.74) is 0. The van der Waals surface area contributed by atoms with E-state index in [-0.39, 0.29) is 5.48 Å². The van der Waals surface area contributed by atoms with Gasteiger partial charge in [0.1, 0.15) is 0 Å². The van der Waals surface area contributed by atoms with Crippen LogP contribution in [0.5, 0.6) is 0 Å². The van der Waals surface area contributed by atoms with Crippen LogP contribution in [0.2, 0.25) is 0 Å². The van der Waals surface area contributed by atoms with Crippen LogP contribution in [0.4, 0.5) is 0 Å². The van der Waals surface area contributed by atoms with Gasteiger partial charge in [-0.2, -0.15) is 5.90 Å². The molecule has 4 nitrogen and oxygen atoms in total. The van der Waals surface area contributed by atoms with Gasteiger partial charge in [0.25, 0.3) is 0 Å². The van der Waals surface area contributed by atoms with Gasteiger partial charge in [-0.05, 0) is 0 Å². The summed E-state index contributed by atoms with van der Waals surface area (Å²) in [5, 5.41) is 0. The first-order valence-electron chi connectivity index (χ1n) is 1.14. The number of carbonyl (C=O) groups is 1. The Morgan fingerprint density at radius 3 is 2.00 bits per heavy atom. The van der Waals surface area contributed by atoms with E-state index in [1.807, 2.05) is 0 Å². The Morgan fingerprint density at radius 1 is 1.83 bits per heavy atom. The van der Waals surface area contributed by atoms with Crippen molar-refractivity contribution in [3.05, 3.63) is 0 Å². The lowest BCUT2D eigenvalue weighted by molar-refractivity contribution is -0.141. The Hall–Kier alpha value is -0.610. The average Bonchev–Trinajstić information content (AvgIpc) is 1.38. The molecule has 38 valence electrons. The molecule has 0 aliphatic carbocycles.